The van der Waals surface area contributed by atoms with Crippen LogP contribution in [0.1, 0.15) is 95.1 Å². The lowest BCUT2D eigenvalue weighted by Gasteiger charge is -2.41. The first-order valence-corrected chi connectivity index (χ1v) is 13.1. The molecule has 174 valence electrons. The van der Waals surface area contributed by atoms with Gasteiger partial charge in [0.05, 0.1) is 0 Å². The highest BCUT2D eigenvalue weighted by Crippen LogP contribution is 2.42. The minimum absolute atomic E-state index is 0.430. The van der Waals surface area contributed by atoms with Gasteiger partial charge in [-0.2, -0.15) is 0 Å². The summed E-state index contributed by atoms with van der Waals surface area (Å²) < 4.78 is 0. The predicted molar refractivity (Wildman–Crippen MR) is 137 cm³/mol. The first kappa shape index (κ1) is 23.5. The first-order chi connectivity index (χ1) is 15.5. The van der Waals surface area contributed by atoms with Crippen LogP contribution in [0, 0.1) is 29.6 Å². The molecule has 0 spiro atoms. The molecule has 0 radical (unpaired) electrons. The SMILES string of the molecule is CC(C)C(C)[C@H]1CCCN[C@@H]1c1cccc(C2CC[C@@H](C(C)C)C(c3ccccc3)N2)c1. The van der Waals surface area contributed by atoms with Gasteiger partial charge in [-0.05, 0) is 78.5 Å². The molecule has 0 aromatic heterocycles. The van der Waals surface area contributed by atoms with Crippen molar-refractivity contribution < 1.29 is 0 Å². The molecule has 0 amide bonds. The van der Waals surface area contributed by atoms with Crippen LogP contribution >= 0.6 is 0 Å². The van der Waals surface area contributed by atoms with Crippen molar-refractivity contribution >= 4 is 0 Å². The number of nitrogens with one attached hydrogen (secondary N) is 2. The second-order valence-electron chi connectivity index (χ2n) is 11.1. The monoisotopic (exact) mass is 432 g/mol. The van der Waals surface area contributed by atoms with E-state index in [2.05, 4.69) is 99.8 Å². The standard InChI is InChI=1S/C30H44N2/c1-20(2)22(5)27-15-10-18-31-29(27)25-14-9-13-24(19-25)28-17-16-26(21(3)4)30(32-28)23-11-7-6-8-12-23/h6-9,11-14,19-22,26-32H,10,15-18H2,1-5H3/t22?,26-,27+,28?,29+,30?/m0/s1. The number of hydrogen-bond acceptors (Lipinski definition) is 2. The average molecular weight is 433 g/mol. The van der Waals surface area contributed by atoms with E-state index in [-0.39, 0.29) is 0 Å². The summed E-state index contributed by atoms with van der Waals surface area (Å²) in [5, 5.41) is 7.97. The van der Waals surface area contributed by atoms with Gasteiger partial charge in [0.25, 0.3) is 0 Å². The van der Waals surface area contributed by atoms with Gasteiger partial charge in [0.1, 0.15) is 0 Å². The number of rotatable bonds is 6. The molecule has 0 saturated carbocycles. The van der Waals surface area contributed by atoms with Crippen molar-refractivity contribution in [2.24, 2.45) is 29.6 Å². The number of piperidine rings is 2. The molecule has 0 aliphatic carbocycles. The first-order valence-electron chi connectivity index (χ1n) is 13.1. The van der Waals surface area contributed by atoms with E-state index in [0.29, 0.717) is 30.0 Å². The zero-order valence-corrected chi connectivity index (χ0v) is 20.9. The topological polar surface area (TPSA) is 24.1 Å². The Labute approximate surface area is 196 Å². The molecule has 0 bridgehead atoms. The molecule has 2 aliphatic rings. The van der Waals surface area contributed by atoms with Crippen LogP contribution in [0.15, 0.2) is 54.6 Å². The summed E-state index contributed by atoms with van der Waals surface area (Å²) in [4.78, 5) is 0. The van der Waals surface area contributed by atoms with E-state index < -0.39 is 0 Å². The predicted octanol–water partition coefficient (Wildman–Crippen LogP) is 7.46. The van der Waals surface area contributed by atoms with Crippen LogP contribution < -0.4 is 10.6 Å². The smallest absolute Gasteiger partial charge is 0.0356 e. The summed E-state index contributed by atoms with van der Waals surface area (Å²) in [5.41, 5.74) is 4.39. The molecule has 2 aromatic rings. The zero-order chi connectivity index (χ0) is 22.7. The van der Waals surface area contributed by atoms with E-state index in [1.165, 1.54) is 42.4 Å². The largest absolute Gasteiger partial charge is 0.310 e. The fraction of sp³-hybridized carbons (Fsp3) is 0.600. The summed E-state index contributed by atoms with van der Waals surface area (Å²) in [6.07, 6.45) is 5.15. The van der Waals surface area contributed by atoms with E-state index in [1.54, 1.807) is 0 Å². The Balaban J connectivity index is 1.57. The Morgan fingerprint density at radius 3 is 2.16 bits per heavy atom. The van der Waals surface area contributed by atoms with Crippen molar-refractivity contribution in [3.63, 3.8) is 0 Å². The highest BCUT2D eigenvalue weighted by molar-refractivity contribution is 5.31. The quantitative estimate of drug-likeness (QED) is 0.495. The van der Waals surface area contributed by atoms with Crippen LogP contribution in [0.3, 0.4) is 0 Å². The third kappa shape index (κ3) is 5.13. The Morgan fingerprint density at radius 2 is 1.44 bits per heavy atom. The van der Waals surface area contributed by atoms with Crippen molar-refractivity contribution in [2.75, 3.05) is 6.54 Å². The minimum atomic E-state index is 0.430. The molecule has 2 heterocycles. The molecule has 2 nitrogen and oxygen atoms in total. The normalized spacial score (nSPS) is 29.9. The summed E-state index contributed by atoms with van der Waals surface area (Å²) in [5.74, 6) is 3.56. The van der Waals surface area contributed by atoms with E-state index >= 15 is 0 Å². The maximum atomic E-state index is 4.08. The second-order valence-corrected chi connectivity index (χ2v) is 11.1. The molecule has 2 fully saturated rings. The van der Waals surface area contributed by atoms with Gasteiger partial charge >= 0.3 is 0 Å². The highest BCUT2D eigenvalue weighted by atomic mass is 15.0. The Bertz CT molecular complexity index is 843. The Kier molecular flexibility index (Phi) is 7.74. The molecule has 2 aliphatic heterocycles. The Hall–Kier alpha value is -1.64. The van der Waals surface area contributed by atoms with Crippen LogP contribution in [0.5, 0.6) is 0 Å². The van der Waals surface area contributed by atoms with Crippen molar-refractivity contribution in [3.05, 3.63) is 71.3 Å². The molecule has 32 heavy (non-hydrogen) atoms. The van der Waals surface area contributed by atoms with Crippen molar-refractivity contribution in [2.45, 2.75) is 78.4 Å². The van der Waals surface area contributed by atoms with Crippen molar-refractivity contribution in [3.8, 4) is 0 Å². The van der Waals surface area contributed by atoms with Crippen molar-refractivity contribution in [1.82, 2.24) is 10.6 Å². The van der Waals surface area contributed by atoms with Gasteiger partial charge in [-0.25, -0.2) is 0 Å². The summed E-state index contributed by atoms with van der Waals surface area (Å²) >= 11 is 0. The van der Waals surface area contributed by atoms with Gasteiger partial charge in [-0.3, -0.25) is 0 Å². The van der Waals surface area contributed by atoms with E-state index in [4.69, 9.17) is 0 Å². The van der Waals surface area contributed by atoms with Crippen molar-refractivity contribution in [1.29, 1.82) is 0 Å². The maximum Gasteiger partial charge on any atom is 0.0356 e. The molecule has 2 aromatic carbocycles. The molecule has 3 unspecified atom stereocenters. The van der Waals surface area contributed by atoms with E-state index in [9.17, 15) is 0 Å². The zero-order valence-electron chi connectivity index (χ0n) is 20.9. The average Bonchev–Trinajstić information content (AvgIpc) is 2.83. The molecule has 2 saturated heterocycles. The third-order valence-corrected chi connectivity index (χ3v) is 8.52. The number of benzene rings is 2. The lowest BCUT2D eigenvalue weighted by Crippen LogP contribution is -2.40. The van der Waals surface area contributed by atoms with Crippen LogP contribution in [-0.2, 0) is 0 Å². The van der Waals surface area contributed by atoms with Gasteiger partial charge < -0.3 is 10.6 Å². The van der Waals surface area contributed by atoms with Gasteiger partial charge in [-0.15, -0.1) is 0 Å². The lowest BCUT2D eigenvalue weighted by molar-refractivity contribution is 0.170. The minimum Gasteiger partial charge on any atom is -0.310 e. The van der Waals surface area contributed by atoms with Gasteiger partial charge in [-0.1, -0.05) is 89.2 Å². The lowest BCUT2D eigenvalue weighted by atomic mass is 9.73. The summed E-state index contributed by atoms with van der Waals surface area (Å²) in [6, 6.07) is 22.0. The van der Waals surface area contributed by atoms with Crippen LogP contribution in [0.4, 0.5) is 0 Å². The van der Waals surface area contributed by atoms with Gasteiger partial charge in [0.15, 0.2) is 0 Å². The molecule has 4 rings (SSSR count). The molecule has 2 N–H and O–H groups in total. The molecular formula is C30H44N2. The van der Waals surface area contributed by atoms with Crippen LogP contribution in [0.2, 0.25) is 0 Å². The number of hydrogen-bond donors (Lipinski definition) is 2. The second kappa shape index (κ2) is 10.5. The van der Waals surface area contributed by atoms with E-state index in [1.807, 2.05) is 0 Å². The van der Waals surface area contributed by atoms with Gasteiger partial charge in [0, 0.05) is 18.1 Å². The van der Waals surface area contributed by atoms with Gasteiger partial charge in [0.2, 0.25) is 0 Å². The fourth-order valence-electron chi connectivity index (χ4n) is 6.24. The van der Waals surface area contributed by atoms with E-state index in [0.717, 1.165) is 24.3 Å². The molecule has 2 heteroatoms. The molecule has 6 atom stereocenters. The van der Waals surface area contributed by atoms with Crippen LogP contribution in [0.25, 0.3) is 0 Å². The Morgan fingerprint density at radius 1 is 0.719 bits per heavy atom. The summed E-state index contributed by atoms with van der Waals surface area (Å²) in [6.45, 7) is 13.1. The third-order valence-electron chi connectivity index (χ3n) is 8.52. The summed E-state index contributed by atoms with van der Waals surface area (Å²) in [7, 11) is 0. The fourth-order valence-corrected chi connectivity index (χ4v) is 6.24. The highest BCUT2D eigenvalue weighted by Gasteiger charge is 2.35. The maximum absolute atomic E-state index is 4.08. The molecular weight excluding hydrogens is 388 g/mol. The van der Waals surface area contributed by atoms with Crippen LogP contribution in [-0.4, -0.2) is 6.54 Å².